The molecule has 4 rings (SSSR count). The Morgan fingerprint density at radius 1 is 1.33 bits per heavy atom. The lowest BCUT2D eigenvalue weighted by Gasteiger charge is -2.31. The molecule has 1 N–H and O–H groups in total. The van der Waals surface area contributed by atoms with Crippen LogP contribution in [0, 0.1) is 10.1 Å². The molecule has 1 aromatic heterocycles. The molecular formula is C22H22N5O5S+. The van der Waals surface area contributed by atoms with Crippen LogP contribution in [0.3, 0.4) is 0 Å². The number of rotatable bonds is 6. The van der Waals surface area contributed by atoms with E-state index in [0.29, 0.717) is 34.3 Å². The van der Waals surface area contributed by atoms with Gasteiger partial charge in [0, 0.05) is 24.2 Å². The number of carbonyl (C=O) groups excluding carboxylic acids is 1. The van der Waals surface area contributed by atoms with Crippen LogP contribution in [0.1, 0.15) is 32.0 Å². The van der Waals surface area contributed by atoms with Crippen molar-refractivity contribution in [2.75, 3.05) is 17.8 Å². The Bertz CT molecular complexity index is 1310. The van der Waals surface area contributed by atoms with Crippen molar-refractivity contribution < 1.29 is 19.1 Å². The Labute approximate surface area is 193 Å². The number of carbonyl (C=O) groups is 1. The molecule has 33 heavy (non-hydrogen) atoms. The number of thioether (sulfide) groups is 1. The number of H-pyrrole nitrogens is 1. The van der Waals surface area contributed by atoms with Gasteiger partial charge in [0.2, 0.25) is 11.1 Å². The third-order valence-electron chi connectivity index (χ3n) is 5.23. The molecule has 0 radical (unpaired) electrons. The van der Waals surface area contributed by atoms with Crippen molar-refractivity contribution in [1.82, 2.24) is 10.1 Å². The van der Waals surface area contributed by atoms with Crippen molar-refractivity contribution in [3.63, 3.8) is 0 Å². The second kappa shape index (κ2) is 9.02. The highest BCUT2D eigenvalue weighted by Crippen LogP contribution is 2.40. The van der Waals surface area contributed by atoms with Crippen LogP contribution in [-0.4, -0.2) is 33.8 Å². The summed E-state index contributed by atoms with van der Waals surface area (Å²) in [4.78, 5) is 41.4. The highest BCUT2D eigenvalue weighted by atomic mass is 32.2. The van der Waals surface area contributed by atoms with Gasteiger partial charge in [0.1, 0.15) is 5.75 Å². The monoisotopic (exact) mass is 468 g/mol. The number of nitrogens with one attached hydrogen (secondary N) is 1. The zero-order valence-corrected chi connectivity index (χ0v) is 19.1. The van der Waals surface area contributed by atoms with Crippen molar-refractivity contribution in [2.45, 2.75) is 31.6 Å². The van der Waals surface area contributed by atoms with Crippen LogP contribution in [0.2, 0.25) is 0 Å². The molecule has 1 amide bonds. The molecule has 1 unspecified atom stereocenters. The van der Waals surface area contributed by atoms with E-state index >= 15 is 0 Å². The number of hydrogen-bond acceptors (Lipinski definition) is 7. The van der Waals surface area contributed by atoms with Crippen molar-refractivity contribution in [1.29, 1.82) is 0 Å². The standard InChI is InChI=1S/C22H21N5O5S/c1-4-11-32-18-10-9-14(27(30)31)12-16(18)21-25(13(2)28)17-8-6-5-7-15(17)19-20(29)23-22(33-3)24-26(19)21/h5-10,12,21H,4,11H2,1-3H3/p+1. The normalized spacial score (nSPS) is 14.4. The van der Waals surface area contributed by atoms with Crippen LogP contribution in [0.25, 0.3) is 11.3 Å². The minimum absolute atomic E-state index is 0.159. The van der Waals surface area contributed by atoms with E-state index in [-0.39, 0.29) is 22.8 Å². The van der Waals surface area contributed by atoms with Crippen molar-refractivity contribution in [2.24, 2.45) is 0 Å². The summed E-state index contributed by atoms with van der Waals surface area (Å²) in [6.45, 7) is 3.73. The molecular weight excluding hydrogens is 446 g/mol. The van der Waals surface area contributed by atoms with E-state index < -0.39 is 11.1 Å². The maximum absolute atomic E-state index is 13.1. The lowest BCUT2D eigenvalue weighted by Crippen LogP contribution is -2.60. The summed E-state index contributed by atoms with van der Waals surface area (Å²) in [6, 6.07) is 11.3. The summed E-state index contributed by atoms with van der Waals surface area (Å²) in [5, 5.41) is 16.5. The predicted molar refractivity (Wildman–Crippen MR) is 122 cm³/mol. The second-order valence-corrected chi connectivity index (χ2v) is 8.16. The van der Waals surface area contributed by atoms with Gasteiger partial charge in [0.15, 0.2) is 0 Å². The molecule has 0 spiro atoms. The number of aromatic nitrogens is 3. The van der Waals surface area contributed by atoms with Crippen LogP contribution in [0.15, 0.2) is 52.4 Å². The van der Waals surface area contributed by atoms with E-state index in [2.05, 4.69) is 10.1 Å². The second-order valence-electron chi connectivity index (χ2n) is 7.36. The molecule has 170 valence electrons. The van der Waals surface area contributed by atoms with Gasteiger partial charge in [-0.3, -0.25) is 24.7 Å². The lowest BCUT2D eigenvalue weighted by atomic mass is 10.0. The number of para-hydroxylation sites is 1. The molecule has 2 heterocycles. The zero-order valence-electron chi connectivity index (χ0n) is 18.3. The molecule has 10 nitrogen and oxygen atoms in total. The largest absolute Gasteiger partial charge is 0.493 e. The van der Waals surface area contributed by atoms with Gasteiger partial charge in [-0.05, 0) is 35.6 Å². The van der Waals surface area contributed by atoms with Crippen LogP contribution >= 0.6 is 11.8 Å². The smallest absolute Gasteiger partial charge is 0.325 e. The highest BCUT2D eigenvalue weighted by Gasteiger charge is 2.46. The lowest BCUT2D eigenvalue weighted by molar-refractivity contribution is -0.763. The molecule has 3 aromatic rings. The van der Waals surface area contributed by atoms with Crippen LogP contribution in [-0.2, 0) is 4.79 Å². The first-order valence-electron chi connectivity index (χ1n) is 10.3. The Kier molecular flexibility index (Phi) is 6.14. The molecule has 0 fully saturated rings. The van der Waals surface area contributed by atoms with Gasteiger partial charge < -0.3 is 4.74 Å². The number of benzene rings is 2. The summed E-state index contributed by atoms with van der Waals surface area (Å²) in [7, 11) is 0. The maximum atomic E-state index is 13.1. The summed E-state index contributed by atoms with van der Waals surface area (Å²) in [5.74, 6) is 0.0654. The Hall–Kier alpha value is -3.73. The van der Waals surface area contributed by atoms with Gasteiger partial charge in [-0.1, -0.05) is 30.8 Å². The molecule has 1 aliphatic heterocycles. The average Bonchev–Trinajstić information content (AvgIpc) is 2.81. The van der Waals surface area contributed by atoms with E-state index in [1.54, 1.807) is 30.5 Å². The summed E-state index contributed by atoms with van der Waals surface area (Å²) >= 11 is 1.24. The first kappa shape index (κ1) is 22.5. The molecule has 11 heteroatoms. The van der Waals surface area contributed by atoms with Crippen LogP contribution in [0.4, 0.5) is 11.4 Å². The van der Waals surface area contributed by atoms with Gasteiger partial charge in [-0.25, -0.2) is 4.90 Å². The molecule has 2 aromatic carbocycles. The Morgan fingerprint density at radius 2 is 2.09 bits per heavy atom. The van der Waals surface area contributed by atoms with E-state index in [4.69, 9.17) is 4.74 Å². The summed E-state index contributed by atoms with van der Waals surface area (Å²) in [6.07, 6.45) is 1.52. The minimum atomic E-state index is -0.965. The zero-order chi connectivity index (χ0) is 23.7. The van der Waals surface area contributed by atoms with Gasteiger partial charge in [-0.15, -0.1) is 0 Å². The number of ether oxygens (including phenoxy) is 1. The molecule has 0 aliphatic carbocycles. The number of hydrogen-bond donors (Lipinski definition) is 1. The summed E-state index contributed by atoms with van der Waals surface area (Å²) < 4.78 is 7.35. The number of non-ortho nitro benzene ring substituents is 1. The van der Waals surface area contributed by atoms with Gasteiger partial charge in [0.25, 0.3) is 11.9 Å². The van der Waals surface area contributed by atoms with E-state index in [1.165, 1.54) is 46.5 Å². The topological polar surface area (TPSA) is 122 Å². The fraction of sp³-hybridized carbons (Fsp3) is 0.273. The number of nitrogens with zero attached hydrogens (tertiary/aromatic N) is 4. The number of anilines is 1. The Balaban J connectivity index is 2.09. The number of fused-ring (bicyclic) bond motifs is 3. The average molecular weight is 469 g/mol. The highest BCUT2D eigenvalue weighted by molar-refractivity contribution is 7.98. The molecule has 0 saturated carbocycles. The Morgan fingerprint density at radius 3 is 2.76 bits per heavy atom. The minimum Gasteiger partial charge on any atom is -0.493 e. The van der Waals surface area contributed by atoms with Gasteiger partial charge in [-0.2, -0.15) is 0 Å². The van der Waals surface area contributed by atoms with E-state index in [1.807, 2.05) is 6.92 Å². The van der Waals surface area contributed by atoms with Crippen LogP contribution in [0.5, 0.6) is 5.75 Å². The predicted octanol–water partition coefficient (Wildman–Crippen LogP) is 3.06. The molecule has 1 aliphatic rings. The number of amides is 1. The van der Waals surface area contributed by atoms with Crippen molar-refractivity contribution in [3.8, 4) is 17.0 Å². The number of nitro groups is 1. The molecule has 1 atom stereocenters. The fourth-order valence-electron chi connectivity index (χ4n) is 3.88. The summed E-state index contributed by atoms with van der Waals surface area (Å²) in [5.41, 5.74) is 1.11. The molecule has 0 bridgehead atoms. The SMILES string of the molecule is CCCOc1ccc([N+](=O)[O-])cc1C1N(C(C)=O)c2ccccc2-c2c(=O)[nH]c(SC)n[n+]21. The first-order valence-corrected chi connectivity index (χ1v) is 11.5. The fourth-order valence-corrected chi connectivity index (χ4v) is 4.24. The van der Waals surface area contributed by atoms with Crippen molar-refractivity contribution in [3.05, 3.63) is 68.5 Å². The number of aromatic amines is 1. The van der Waals surface area contributed by atoms with Crippen molar-refractivity contribution >= 4 is 29.0 Å². The molecule has 0 saturated heterocycles. The quantitative estimate of drug-likeness (QED) is 0.255. The number of nitro benzene ring substituents is 1. The van der Waals surface area contributed by atoms with Crippen LogP contribution < -0.4 is 19.9 Å². The third-order valence-corrected chi connectivity index (χ3v) is 5.81. The van der Waals surface area contributed by atoms with E-state index in [9.17, 15) is 19.7 Å². The first-order chi connectivity index (χ1) is 15.9. The van der Waals surface area contributed by atoms with E-state index in [0.717, 1.165) is 6.42 Å². The van der Waals surface area contributed by atoms with Gasteiger partial charge in [0.05, 0.1) is 28.3 Å². The maximum Gasteiger partial charge on any atom is 0.325 e. The third kappa shape index (κ3) is 3.95. The van der Waals surface area contributed by atoms with Gasteiger partial charge >= 0.3 is 11.3 Å².